The number of ether oxygens (including phenoxy) is 1. The number of halogens is 1. The average molecular weight is 390 g/mol. The van der Waals surface area contributed by atoms with Gasteiger partial charge in [0.1, 0.15) is 10.8 Å². The summed E-state index contributed by atoms with van der Waals surface area (Å²) in [5, 5.41) is 2.99. The van der Waals surface area contributed by atoms with E-state index in [1.54, 1.807) is 6.92 Å². The molecule has 2 amide bonds. The van der Waals surface area contributed by atoms with Gasteiger partial charge in [-0.15, -0.1) is 11.3 Å². The van der Waals surface area contributed by atoms with Crippen molar-refractivity contribution in [3.8, 4) is 0 Å². The van der Waals surface area contributed by atoms with E-state index in [2.05, 4.69) is 5.32 Å². The maximum Gasteiger partial charge on any atom is 0.338 e. The van der Waals surface area contributed by atoms with Crippen LogP contribution in [0.5, 0.6) is 0 Å². The molecular weight excluding hydrogens is 371 g/mol. The van der Waals surface area contributed by atoms with Gasteiger partial charge in [-0.2, -0.15) is 0 Å². The van der Waals surface area contributed by atoms with Crippen molar-refractivity contribution in [2.75, 3.05) is 11.9 Å². The number of hydrogen-bond acceptors (Lipinski definition) is 5. The van der Waals surface area contributed by atoms with Crippen molar-refractivity contribution in [3.63, 3.8) is 0 Å². The minimum Gasteiger partial charge on any atom is -0.452 e. The molecule has 0 spiro atoms. The zero-order valence-electron chi connectivity index (χ0n) is 14.8. The molecule has 3 N–H and O–H groups in total. The van der Waals surface area contributed by atoms with Crippen molar-refractivity contribution < 1.29 is 23.5 Å². The number of nitrogens with two attached hydrogens (primary N) is 1. The van der Waals surface area contributed by atoms with Crippen LogP contribution in [0.3, 0.4) is 0 Å². The molecular formula is C19H19FN2O4S. The highest BCUT2D eigenvalue weighted by atomic mass is 32.1. The van der Waals surface area contributed by atoms with Gasteiger partial charge in [0.05, 0.1) is 11.1 Å². The van der Waals surface area contributed by atoms with Crippen molar-refractivity contribution in [2.45, 2.75) is 32.6 Å². The molecule has 0 aliphatic heterocycles. The van der Waals surface area contributed by atoms with E-state index in [1.165, 1.54) is 23.5 Å². The first kappa shape index (κ1) is 19.0. The molecule has 0 bridgehead atoms. The Hall–Kier alpha value is -2.74. The van der Waals surface area contributed by atoms with Crippen molar-refractivity contribution in [2.24, 2.45) is 5.73 Å². The highest BCUT2D eigenvalue weighted by molar-refractivity contribution is 7.17. The Morgan fingerprint density at radius 3 is 2.70 bits per heavy atom. The average Bonchev–Trinajstić information content (AvgIpc) is 2.99. The van der Waals surface area contributed by atoms with Crippen LogP contribution in [0, 0.1) is 12.7 Å². The monoisotopic (exact) mass is 390 g/mol. The third-order valence-corrected chi connectivity index (χ3v) is 5.62. The number of amides is 2. The van der Waals surface area contributed by atoms with Gasteiger partial charge in [-0.25, -0.2) is 9.18 Å². The zero-order chi connectivity index (χ0) is 19.6. The SMILES string of the molecule is Cc1ccc(C(=O)OCC(=O)Nc2sc3c(c2C(N)=O)CCCC3)cc1F. The summed E-state index contributed by atoms with van der Waals surface area (Å²) in [6.45, 7) is 1.03. The minimum absolute atomic E-state index is 0.0234. The van der Waals surface area contributed by atoms with Crippen molar-refractivity contribution in [1.29, 1.82) is 0 Å². The molecule has 0 atom stereocenters. The van der Waals surface area contributed by atoms with Crippen LogP contribution < -0.4 is 11.1 Å². The number of esters is 1. The highest BCUT2D eigenvalue weighted by Crippen LogP contribution is 2.37. The van der Waals surface area contributed by atoms with Gasteiger partial charge in [0, 0.05) is 4.88 Å². The molecule has 0 unspecified atom stereocenters. The number of primary amides is 1. The van der Waals surface area contributed by atoms with Crippen LogP contribution in [0.4, 0.5) is 9.39 Å². The fourth-order valence-corrected chi connectivity index (χ4v) is 4.32. The lowest BCUT2D eigenvalue weighted by molar-refractivity contribution is -0.119. The Morgan fingerprint density at radius 2 is 2.00 bits per heavy atom. The number of carbonyl (C=O) groups is 3. The molecule has 27 heavy (non-hydrogen) atoms. The van der Waals surface area contributed by atoms with Gasteiger partial charge in [0.2, 0.25) is 0 Å². The van der Waals surface area contributed by atoms with E-state index in [0.717, 1.165) is 42.2 Å². The fourth-order valence-electron chi connectivity index (χ4n) is 3.01. The molecule has 3 rings (SSSR count). The number of carbonyl (C=O) groups excluding carboxylic acids is 3. The van der Waals surface area contributed by atoms with Crippen molar-refractivity contribution in [1.82, 2.24) is 0 Å². The summed E-state index contributed by atoms with van der Waals surface area (Å²) in [5.41, 5.74) is 7.16. The van der Waals surface area contributed by atoms with Crippen molar-refractivity contribution >= 4 is 34.1 Å². The third-order valence-electron chi connectivity index (χ3n) is 4.41. The third kappa shape index (κ3) is 4.16. The number of benzene rings is 1. The smallest absolute Gasteiger partial charge is 0.338 e. The molecule has 1 aliphatic rings. The van der Waals surface area contributed by atoms with Crippen LogP contribution in [0.1, 0.15) is 49.6 Å². The maximum atomic E-state index is 13.5. The molecule has 0 saturated heterocycles. The Kier molecular flexibility index (Phi) is 5.55. The topological polar surface area (TPSA) is 98.5 Å². The summed E-state index contributed by atoms with van der Waals surface area (Å²) >= 11 is 1.33. The second-order valence-corrected chi connectivity index (χ2v) is 7.47. The Morgan fingerprint density at radius 1 is 1.26 bits per heavy atom. The van der Waals surface area contributed by atoms with Crippen LogP contribution in [0.2, 0.25) is 0 Å². The normalized spacial score (nSPS) is 13.0. The predicted molar refractivity (Wildman–Crippen MR) is 99.5 cm³/mol. The standard InChI is InChI=1S/C19H19FN2O4S/c1-10-6-7-11(8-13(10)20)19(25)26-9-15(23)22-18-16(17(21)24)12-4-2-3-5-14(12)27-18/h6-8H,2-5,9H2,1H3,(H2,21,24)(H,22,23). The zero-order valence-corrected chi connectivity index (χ0v) is 15.6. The number of nitrogens with one attached hydrogen (secondary N) is 1. The lowest BCUT2D eigenvalue weighted by Crippen LogP contribution is -2.23. The molecule has 1 aromatic carbocycles. The molecule has 1 aliphatic carbocycles. The maximum absolute atomic E-state index is 13.5. The van der Waals surface area contributed by atoms with Gasteiger partial charge in [0.25, 0.3) is 11.8 Å². The van der Waals surface area contributed by atoms with Gasteiger partial charge in [-0.1, -0.05) is 6.07 Å². The van der Waals surface area contributed by atoms with Gasteiger partial charge in [0.15, 0.2) is 6.61 Å². The lowest BCUT2D eigenvalue weighted by Gasteiger charge is -2.11. The molecule has 142 valence electrons. The Bertz CT molecular complexity index is 923. The quantitative estimate of drug-likeness (QED) is 0.767. The predicted octanol–water partition coefficient (Wildman–Crippen LogP) is 2.97. The summed E-state index contributed by atoms with van der Waals surface area (Å²) in [6.07, 6.45) is 3.62. The molecule has 8 heteroatoms. The van der Waals surface area contributed by atoms with E-state index in [1.807, 2.05) is 0 Å². The van der Waals surface area contributed by atoms with Crippen LogP contribution in [-0.2, 0) is 22.4 Å². The lowest BCUT2D eigenvalue weighted by atomic mass is 9.95. The van der Waals surface area contributed by atoms with E-state index in [4.69, 9.17) is 10.5 Å². The number of rotatable bonds is 5. The summed E-state index contributed by atoms with van der Waals surface area (Å²) < 4.78 is 18.5. The Balaban J connectivity index is 1.66. The van der Waals surface area contributed by atoms with Gasteiger partial charge < -0.3 is 15.8 Å². The molecule has 1 aromatic heterocycles. The van der Waals surface area contributed by atoms with E-state index in [9.17, 15) is 18.8 Å². The number of thiophene rings is 1. The van der Waals surface area contributed by atoms with Gasteiger partial charge in [-0.05, 0) is 55.9 Å². The van der Waals surface area contributed by atoms with E-state index < -0.39 is 30.2 Å². The summed E-state index contributed by atoms with van der Waals surface area (Å²) in [4.78, 5) is 37.0. The van der Waals surface area contributed by atoms with E-state index >= 15 is 0 Å². The summed E-state index contributed by atoms with van der Waals surface area (Å²) in [7, 11) is 0. The van der Waals surface area contributed by atoms with Crippen LogP contribution in [0.25, 0.3) is 0 Å². The van der Waals surface area contributed by atoms with Gasteiger partial charge >= 0.3 is 5.97 Å². The molecule has 0 radical (unpaired) electrons. The number of anilines is 1. The highest BCUT2D eigenvalue weighted by Gasteiger charge is 2.25. The second kappa shape index (κ2) is 7.87. The number of aryl methyl sites for hydroxylation is 2. The van der Waals surface area contributed by atoms with Crippen molar-refractivity contribution in [3.05, 3.63) is 51.1 Å². The Labute approximate surface area is 159 Å². The first-order valence-corrected chi connectivity index (χ1v) is 9.36. The minimum atomic E-state index is -0.801. The number of hydrogen-bond donors (Lipinski definition) is 2. The largest absolute Gasteiger partial charge is 0.452 e. The molecule has 0 fully saturated rings. The molecule has 1 heterocycles. The van der Waals surface area contributed by atoms with Gasteiger partial charge in [-0.3, -0.25) is 9.59 Å². The van der Waals surface area contributed by atoms with Crippen LogP contribution >= 0.6 is 11.3 Å². The van der Waals surface area contributed by atoms with E-state index in [-0.39, 0.29) is 5.56 Å². The van der Waals surface area contributed by atoms with Crippen LogP contribution in [0.15, 0.2) is 18.2 Å². The first-order chi connectivity index (χ1) is 12.9. The number of fused-ring (bicyclic) bond motifs is 1. The second-order valence-electron chi connectivity index (χ2n) is 6.37. The summed E-state index contributed by atoms with van der Waals surface area (Å²) in [6, 6.07) is 3.95. The van der Waals surface area contributed by atoms with Crippen LogP contribution in [-0.4, -0.2) is 24.4 Å². The van der Waals surface area contributed by atoms with E-state index in [0.29, 0.717) is 16.1 Å². The fraction of sp³-hybridized carbons (Fsp3) is 0.316. The molecule has 0 saturated carbocycles. The first-order valence-electron chi connectivity index (χ1n) is 8.54. The summed E-state index contributed by atoms with van der Waals surface area (Å²) in [5.74, 6) is -2.50. The molecule has 2 aromatic rings. The molecule has 6 nitrogen and oxygen atoms in total.